The average molecular weight is 328 g/mol. The summed E-state index contributed by atoms with van der Waals surface area (Å²) in [5, 5.41) is 9.20. The Morgan fingerprint density at radius 3 is 2.88 bits per heavy atom. The summed E-state index contributed by atoms with van der Waals surface area (Å²) in [4.78, 5) is 25.3. The van der Waals surface area contributed by atoms with Crippen molar-refractivity contribution in [2.24, 2.45) is 0 Å². The molecule has 6 nitrogen and oxygen atoms in total. The molecular formula is C18H20N2O4. The minimum Gasteiger partial charge on any atom is -0.484 e. The normalized spacial score (nSPS) is 25.2. The van der Waals surface area contributed by atoms with Crippen LogP contribution in [-0.4, -0.2) is 35.5 Å². The monoisotopic (exact) mass is 328 g/mol. The van der Waals surface area contributed by atoms with Gasteiger partial charge in [-0.25, -0.2) is 0 Å². The summed E-state index contributed by atoms with van der Waals surface area (Å²) >= 11 is 0. The quantitative estimate of drug-likeness (QED) is 0.796. The number of benzene rings is 1. The lowest BCUT2D eigenvalue weighted by Gasteiger charge is -2.48. The maximum absolute atomic E-state index is 12.5. The molecular weight excluding hydrogens is 308 g/mol. The number of rotatable bonds is 3. The van der Waals surface area contributed by atoms with Crippen LogP contribution in [0.3, 0.4) is 0 Å². The second-order valence-corrected chi connectivity index (χ2v) is 6.71. The molecule has 0 unspecified atom stereocenters. The lowest BCUT2D eigenvalue weighted by Crippen LogP contribution is -2.56. The summed E-state index contributed by atoms with van der Waals surface area (Å²) in [7, 11) is 0. The summed E-state index contributed by atoms with van der Waals surface area (Å²) < 4.78 is 11.4. The van der Waals surface area contributed by atoms with Crippen molar-refractivity contribution in [3.05, 3.63) is 29.3 Å². The molecule has 24 heavy (non-hydrogen) atoms. The molecule has 1 aromatic carbocycles. The SMILES string of the molecule is CC1(C)Oc2ccc(C#N)cc2[C@H](N2CCCCC2=O)[C@H]1OC=O. The van der Waals surface area contributed by atoms with Crippen LogP contribution in [0.2, 0.25) is 0 Å². The van der Waals surface area contributed by atoms with E-state index in [1.54, 1.807) is 23.1 Å². The van der Waals surface area contributed by atoms with Gasteiger partial charge in [0.05, 0.1) is 11.6 Å². The van der Waals surface area contributed by atoms with Gasteiger partial charge in [-0.3, -0.25) is 9.59 Å². The van der Waals surface area contributed by atoms with E-state index in [0.717, 1.165) is 18.4 Å². The number of carbonyl (C=O) groups excluding carboxylic acids is 2. The molecule has 2 heterocycles. The van der Waals surface area contributed by atoms with E-state index >= 15 is 0 Å². The van der Waals surface area contributed by atoms with Gasteiger partial charge in [-0.1, -0.05) is 0 Å². The molecule has 2 aliphatic rings. The molecule has 6 heteroatoms. The highest BCUT2D eigenvalue weighted by atomic mass is 16.6. The van der Waals surface area contributed by atoms with Crippen molar-refractivity contribution in [3.63, 3.8) is 0 Å². The lowest BCUT2D eigenvalue weighted by molar-refractivity contribution is -0.164. The highest BCUT2D eigenvalue weighted by Gasteiger charge is 2.49. The smallest absolute Gasteiger partial charge is 0.293 e. The predicted molar refractivity (Wildman–Crippen MR) is 85.1 cm³/mol. The van der Waals surface area contributed by atoms with Gasteiger partial charge in [0.1, 0.15) is 17.4 Å². The molecule has 2 atom stereocenters. The standard InChI is InChI=1S/C18H20N2O4/c1-18(2)17(23-11-21)16(20-8-4-3-5-15(20)22)13-9-12(10-19)6-7-14(13)24-18/h6-7,9,11,16-17H,3-5,8H2,1-2H3/t16-,17+/m0/s1. The van der Waals surface area contributed by atoms with Crippen LogP contribution in [0.15, 0.2) is 18.2 Å². The first-order chi connectivity index (χ1) is 11.5. The molecule has 0 saturated carbocycles. The number of likely N-dealkylation sites (tertiary alicyclic amines) is 1. The number of fused-ring (bicyclic) bond motifs is 1. The highest BCUT2D eigenvalue weighted by molar-refractivity contribution is 5.78. The van der Waals surface area contributed by atoms with Gasteiger partial charge in [-0.05, 0) is 44.9 Å². The largest absolute Gasteiger partial charge is 0.484 e. The zero-order valence-electron chi connectivity index (χ0n) is 13.8. The Labute approximate surface area is 141 Å². The van der Waals surface area contributed by atoms with Crippen LogP contribution in [0.5, 0.6) is 5.75 Å². The van der Waals surface area contributed by atoms with Crippen molar-refractivity contribution in [1.29, 1.82) is 5.26 Å². The first kappa shape index (κ1) is 16.3. The number of nitriles is 1. The molecule has 0 aliphatic carbocycles. The van der Waals surface area contributed by atoms with Crippen LogP contribution in [0.1, 0.15) is 50.3 Å². The maximum Gasteiger partial charge on any atom is 0.293 e. The molecule has 0 aromatic heterocycles. The van der Waals surface area contributed by atoms with Crippen LogP contribution in [0.25, 0.3) is 0 Å². The number of hydrogen-bond acceptors (Lipinski definition) is 5. The minimum atomic E-state index is -0.787. The number of piperidine rings is 1. The third-order valence-electron chi connectivity index (χ3n) is 4.70. The minimum absolute atomic E-state index is 0.0387. The van der Waals surface area contributed by atoms with E-state index in [0.29, 0.717) is 30.8 Å². The summed E-state index contributed by atoms with van der Waals surface area (Å²) in [6.45, 7) is 4.68. The van der Waals surface area contributed by atoms with Gasteiger partial charge in [0, 0.05) is 18.5 Å². The molecule has 126 valence electrons. The number of nitrogens with zero attached hydrogens (tertiary/aromatic N) is 2. The van der Waals surface area contributed by atoms with Gasteiger partial charge in [0.15, 0.2) is 6.10 Å². The number of ether oxygens (including phenoxy) is 2. The van der Waals surface area contributed by atoms with Crippen molar-refractivity contribution in [2.45, 2.75) is 50.9 Å². The van der Waals surface area contributed by atoms with Gasteiger partial charge in [0.2, 0.25) is 5.91 Å². The van der Waals surface area contributed by atoms with Crippen LogP contribution in [-0.2, 0) is 14.3 Å². The highest BCUT2D eigenvalue weighted by Crippen LogP contribution is 2.45. The Morgan fingerprint density at radius 2 is 2.21 bits per heavy atom. The zero-order chi connectivity index (χ0) is 17.3. The Kier molecular flexibility index (Phi) is 4.18. The number of hydrogen-bond donors (Lipinski definition) is 0. The maximum atomic E-state index is 12.5. The molecule has 1 amide bonds. The van der Waals surface area contributed by atoms with Crippen molar-refractivity contribution in [1.82, 2.24) is 4.90 Å². The summed E-state index contributed by atoms with van der Waals surface area (Å²) in [5.41, 5.74) is 0.414. The molecule has 3 rings (SSSR count). The molecule has 0 spiro atoms. The second kappa shape index (κ2) is 6.16. The fourth-order valence-corrected chi connectivity index (χ4v) is 3.58. The zero-order valence-corrected chi connectivity index (χ0v) is 13.8. The molecule has 1 aromatic rings. The molecule has 0 N–H and O–H groups in total. The van der Waals surface area contributed by atoms with E-state index in [9.17, 15) is 14.9 Å². The van der Waals surface area contributed by atoms with Gasteiger partial charge in [0.25, 0.3) is 6.47 Å². The lowest BCUT2D eigenvalue weighted by atomic mass is 9.84. The van der Waals surface area contributed by atoms with Crippen LogP contribution < -0.4 is 4.74 Å². The van der Waals surface area contributed by atoms with E-state index < -0.39 is 17.7 Å². The Hall–Kier alpha value is -2.55. The summed E-state index contributed by atoms with van der Waals surface area (Å²) in [6, 6.07) is 6.81. The van der Waals surface area contributed by atoms with E-state index in [1.165, 1.54) is 0 Å². The summed E-state index contributed by atoms with van der Waals surface area (Å²) in [6.07, 6.45) is 1.62. The van der Waals surface area contributed by atoms with Crippen molar-refractivity contribution in [3.8, 4) is 11.8 Å². The molecule has 0 radical (unpaired) electrons. The number of carbonyl (C=O) groups is 2. The van der Waals surface area contributed by atoms with E-state index in [1.807, 2.05) is 13.8 Å². The molecule has 0 bridgehead atoms. The fraction of sp³-hybridized carbons (Fsp3) is 0.500. The van der Waals surface area contributed by atoms with Gasteiger partial charge in [-0.15, -0.1) is 0 Å². The van der Waals surface area contributed by atoms with Crippen molar-refractivity contribution < 1.29 is 19.1 Å². The molecule has 2 aliphatic heterocycles. The first-order valence-corrected chi connectivity index (χ1v) is 8.09. The Balaban J connectivity index is 2.14. The Morgan fingerprint density at radius 1 is 1.42 bits per heavy atom. The fourth-order valence-electron chi connectivity index (χ4n) is 3.58. The van der Waals surface area contributed by atoms with Crippen LogP contribution >= 0.6 is 0 Å². The van der Waals surface area contributed by atoms with Crippen LogP contribution in [0, 0.1) is 11.3 Å². The van der Waals surface area contributed by atoms with Gasteiger partial charge in [-0.2, -0.15) is 5.26 Å². The summed E-state index contributed by atoms with van der Waals surface area (Å²) in [5.74, 6) is 0.657. The van der Waals surface area contributed by atoms with E-state index in [-0.39, 0.29) is 5.91 Å². The number of amides is 1. The average Bonchev–Trinajstić information content (AvgIpc) is 2.56. The molecule has 1 fully saturated rings. The Bertz CT molecular complexity index is 707. The van der Waals surface area contributed by atoms with Gasteiger partial charge >= 0.3 is 0 Å². The molecule has 1 saturated heterocycles. The predicted octanol–water partition coefficient (Wildman–Crippen LogP) is 2.32. The second-order valence-electron chi connectivity index (χ2n) is 6.71. The van der Waals surface area contributed by atoms with Crippen molar-refractivity contribution >= 4 is 12.4 Å². The van der Waals surface area contributed by atoms with Gasteiger partial charge < -0.3 is 14.4 Å². The third-order valence-corrected chi connectivity index (χ3v) is 4.70. The third kappa shape index (κ3) is 2.71. The van der Waals surface area contributed by atoms with E-state index in [4.69, 9.17) is 9.47 Å². The van der Waals surface area contributed by atoms with E-state index in [2.05, 4.69) is 6.07 Å². The van der Waals surface area contributed by atoms with Crippen molar-refractivity contribution in [2.75, 3.05) is 6.54 Å². The van der Waals surface area contributed by atoms with Crippen LogP contribution in [0.4, 0.5) is 0 Å². The topological polar surface area (TPSA) is 79.6 Å². The first-order valence-electron chi connectivity index (χ1n) is 8.09.